The van der Waals surface area contributed by atoms with Gasteiger partial charge in [0.05, 0.1) is 0 Å². The summed E-state index contributed by atoms with van der Waals surface area (Å²) in [6.45, 7) is 0. The van der Waals surface area contributed by atoms with Gasteiger partial charge in [-0.15, -0.1) is 0 Å². The van der Waals surface area contributed by atoms with Crippen molar-refractivity contribution in [2.45, 2.75) is 24.5 Å². The summed E-state index contributed by atoms with van der Waals surface area (Å²) in [5.41, 5.74) is 2.51. The van der Waals surface area contributed by atoms with Crippen LogP contribution in [0.2, 0.25) is 0 Å². The third kappa shape index (κ3) is 1.50. The van der Waals surface area contributed by atoms with Crippen LogP contribution in [0.1, 0.15) is 34.0 Å². The van der Waals surface area contributed by atoms with E-state index in [9.17, 15) is 4.79 Å². The van der Waals surface area contributed by atoms with Gasteiger partial charge in [0.1, 0.15) is 6.10 Å². The maximum absolute atomic E-state index is 12.7. The number of fused-ring (bicyclic) bond motifs is 1. The van der Waals surface area contributed by atoms with Gasteiger partial charge in [0.15, 0.2) is 11.4 Å². The van der Waals surface area contributed by atoms with Crippen molar-refractivity contribution in [3.63, 3.8) is 0 Å². The molecule has 2 nitrogen and oxygen atoms in total. The van der Waals surface area contributed by atoms with Crippen LogP contribution in [0.25, 0.3) is 0 Å². The van der Waals surface area contributed by atoms with Crippen LogP contribution in [0.5, 0.6) is 0 Å². The monoisotopic (exact) mass is 250 g/mol. The Labute approximate surface area is 112 Å². The van der Waals surface area contributed by atoms with E-state index in [2.05, 4.69) is 0 Å². The van der Waals surface area contributed by atoms with Gasteiger partial charge in [0.2, 0.25) is 0 Å². The molecule has 1 saturated heterocycles. The second-order valence-electron chi connectivity index (χ2n) is 5.28. The van der Waals surface area contributed by atoms with E-state index in [1.165, 1.54) is 0 Å². The second-order valence-corrected chi connectivity index (χ2v) is 5.28. The molecule has 4 rings (SSSR count). The number of ether oxygens (including phenoxy) is 1. The predicted octanol–water partition coefficient (Wildman–Crippen LogP) is 3.33. The number of benzene rings is 2. The number of aryl methyl sites for hydroxylation is 1. The first kappa shape index (κ1) is 10.9. The van der Waals surface area contributed by atoms with Gasteiger partial charge in [-0.05, 0) is 24.0 Å². The lowest BCUT2D eigenvalue weighted by molar-refractivity contribution is 0.0850. The molecule has 2 atom stereocenters. The smallest absolute Gasteiger partial charge is 0.198 e. The standard InChI is InChI=1S/C17H14O2/c18-15-14-9-5-4-6-12(14)10-11-17(15)16(19-17)13-7-2-1-3-8-13/h1-9,16H,10-11H2/t16-,17+/m1/s1. The number of epoxide rings is 1. The zero-order valence-corrected chi connectivity index (χ0v) is 10.5. The molecule has 0 radical (unpaired) electrons. The first-order valence-electron chi connectivity index (χ1n) is 6.67. The third-order valence-electron chi connectivity index (χ3n) is 4.21. The lowest BCUT2D eigenvalue weighted by atomic mass is 9.79. The van der Waals surface area contributed by atoms with E-state index in [1.54, 1.807) is 0 Å². The highest BCUT2D eigenvalue weighted by molar-refractivity contribution is 6.07. The largest absolute Gasteiger partial charge is 0.352 e. The highest BCUT2D eigenvalue weighted by Gasteiger charge is 2.63. The molecule has 1 aliphatic carbocycles. The van der Waals surface area contributed by atoms with Gasteiger partial charge in [-0.3, -0.25) is 4.79 Å². The van der Waals surface area contributed by atoms with E-state index in [0.29, 0.717) is 0 Å². The fourth-order valence-corrected chi connectivity index (χ4v) is 3.13. The number of hydrogen-bond acceptors (Lipinski definition) is 2. The van der Waals surface area contributed by atoms with Gasteiger partial charge in [0, 0.05) is 5.56 Å². The first-order chi connectivity index (χ1) is 9.31. The van der Waals surface area contributed by atoms with Crippen LogP contribution in [0.4, 0.5) is 0 Å². The average Bonchev–Trinajstić information content (AvgIpc) is 3.20. The van der Waals surface area contributed by atoms with Crippen LogP contribution in [0.15, 0.2) is 54.6 Å². The number of ketones is 1. The van der Waals surface area contributed by atoms with Crippen LogP contribution in [-0.4, -0.2) is 11.4 Å². The molecular formula is C17H14O2. The molecule has 2 aromatic carbocycles. The minimum Gasteiger partial charge on any atom is -0.352 e. The number of rotatable bonds is 1. The maximum Gasteiger partial charge on any atom is 0.198 e. The molecule has 0 aromatic heterocycles. The SMILES string of the molecule is O=C1c2ccccc2CC[C@]12O[C@@H]2c1ccccc1. The lowest BCUT2D eigenvalue weighted by Gasteiger charge is -2.20. The van der Waals surface area contributed by atoms with Crippen molar-refractivity contribution < 1.29 is 9.53 Å². The molecule has 0 N–H and O–H groups in total. The summed E-state index contributed by atoms with van der Waals surface area (Å²) in [6, 6.07) is 17.9. The number of carbonyl (C=O) groups excluding carboxylic acids is 1. The van der Waals surface area contributed by atoms with Gasteiger partial charge in [-0.2, -0.15) is 0 Å². The fraction of sp³-hybridized carbons (Fsp3) is 0.235. The van der Waals surface area contributed by atoms with Crippen molar-refractivity contribution in [1.82, 2.24) is 0 Å². The Bertz CT molecular complexity index is 647. The number of hydrogen-bond donors (Lipinski definition) is 0. The molecule has 0 saturated carbocycles. The summed E-state index contributed by atoms with van der Waals surface area (Å²) in [6.07, 6.45) is 1.66. The molecule has 0 bridgehead atoms. The summed E-state index contributed by atoms with van der Waals surface area (Å²) < 4.78 is 5.85. The predicted molar refractivity (Wildman–Crippen MR) is 72.1 cm³/mol. The van der Waals surface area contributed by atoms with E-state index in [0.717, 1.165) is 29.5 Å². The van der Waals surface area contributed by atoms with Crippen molar-refractivity contribution in [2.75, 3.05) is 0 Å². The van der Waals surface area contributed by atoms with E-state index in [-0.39, 0.29) is 11.9 Å². The van der Waals surface area contributed by atoms with Gasteiger partial charge in [0.25, 0.3) is 0 Å². The average molecular weight is 250 g/mol. The van der Waals surface area contributed by atoms with Crippen molar-refractivity contribution in [2.24, 2.45) is 0 Å². The molecule has 2 aromatic rings. The topological polar surface area (TPSA) is 29.6 Å². The minimum absolute atomic E-state index is 0.0606. The molecule has 0 amide bonds. The Morgan fingerprint density at radius 1 is 1.00 bits per heavy atom. The summed E-state index contributed by atoms with van der Waals surface area (Å²) in [5.74, 6) is 0.156. The molecule has 1 fully saturated rings. The van der Waals surface area contributed by atoms with E-state index < -0.39 is 5.60 Å². The van der Waals surface area contributed by atoms with Crippen LogP contribution < -0.4 is 0 Å². The second kappa shape index (κ2) is 3.78. The number of carbonyl (C=O) groups is 1. The van der Waals surface area contributed by atoms with Gasteiger partial charge >= 0.3 is 0 Å². The van der Waals surface area contributed by atoms with Crippen LogP contribution in [0, 0.1) is 0 Å². The summed E-state index contributed by atoms with van der Waals surface area (Å²) >= 11 is 0. The quantitative estimate of drug-likeness (QED) is 0.727. The van der Waals surface area contributed by atoms with Gasteiger partial charge in [-0.1, -0.05) is 54.6 Å². The Morgan fingerprint density at radius 2 is 1.74 bits per heavy atom. The molecule has 1 aliphatic heterocycles. The summed E-state index contributed by atoms with van der Waals surface area (Å²) in [5, 5.41) is 0. The Kier molecular flexibility index (Phi) is 2.18. The van der Waals surface area contributed by atoms with Crippen LogP contribution in [0.3, 0.4) is 0 Å². The molecule has 1 spiro atoms. The van der Waals surface area contributed by atoms with Crippen molar-refractivity contribution in [1.29, 1.82) is 0 Å². The van der Waals surface area contributed by atoms with Gasteiger partial charge < -0.3 is 4.74 Å². The molecule has 2 aliphatic rings. The summed E-state index contributed by atoms with van der Waals surface area (Å²) in [4.78, 5) is 12.7. The highest BCUT2D eigenvalue weighted by Crippen LogP contribution is 2.56. The number of Topliss-reactive ketones (excluding diaryl/α,β-unsaturated/α-hetero) is 1. The summed E-state index contributed by atoms with van der Waals surface area (Å²) in [7, 11) is 0. The molecule has 94 valence electrons. The highest BCUT2D eigenvalue weighted by atomic mass is 16.6. The van der Waals surface area contributed by atoms with Crippen molar-refractivity contribution in [3.05, 3.63) is 71.3 Å². The molecule has 0 unspecified atom stereocenters. The third-order valence-corrected chi connectivity index (χ3v) is 4.21. The van der Waals surface area contributed by atoms with E-state index >= 15 is 0 Å². The Hall–Kier alpha value is -1.93. The van der Waals surface area contributed by atoms with Gasteiger partial charge in [-0.25, -0.2) is 0 Å². The fourth-order valence-electron chi connectivity index (χ4n) is 3.13. The Balaban J connectivity index is 1.71. The van der Waals surface area contributed by atoms with Crippen molar-refractivity contribution in [3.8, 4) is 0 Å². The Morgan fingerprint density at radius 3 is 2.58 bits per heavy atom. The minimum atomic E-state index is -0.588. The van der Waals surface area contributed by atoms with E-state index in [4.69, 9.17) is 4.74 Å². The maximum atomic E-state index is 12.7. The molecule has 1 heterocycles. The zero-order chi connectivity index (χ0) is 12.9. The first-order valence-corrected chi connectivity index (χ1v) is 6.67. The zero-order valence-electron chi connectivity index (χ0n) is 10.5. The van der Waals surface area contributed by atoms with Crippen molar-refractivity contribution >= 4 is 5.78 Å². The molecule has 19 heavy (non-hydrogen) atoms. The lowest BCUT2D eigenvalue weighted by Crippen LogP contribution is -2.31. The van der Waals surface area contributed by atoms with E-state index in [1.807, 2.05) is 54.6 Å². The van der Waals surface area contributed by atoms with Crippen LogP contribution >= 0.6 is 0 Å². The normalized spacial score (nSPS) is 28.2. The molecule has 2 heteroatoms. The molecular weight excluding hydrogens is 236 g/mol. The van der Waals surface area contributed by atoms with Crippen LogP contribution in [-0.2, 0) is 11.2 Å².